The van der Waals surface area contributed by atoms with E-state index in [4.69, 9.17) is 4.52 Å². The van der Waals surface area contributed by atoms with E-state index in [-0.39, 0.29) is 5.91 Å². The zero-order chi connectivity index (χ0) is 15.5. The average Bonchev–Trinajstić information content (AvgIpc) is 3.14. The summed E-state index contributed by atoms with van der Waals surface area (Å²) in [4.78, 5) is 12.2. The van der Waals surface area contributed by atoms with Gasteiger partial charge in [-0.2, -0.15) is 5.10 Å². The second kappa shape index (κ2) is 6.31. The number of aryl methyl sites for hydroxylation is 2. The summed E-state index contributed by atoms with van der Waals surface area (Å²) < 4.78 is 6.97. The number of nitrogens with one attached hydrogen (secondary N) is 2. The number of hydrogen-bond acceptors (Lipinski definition) is 5. The second-order valence-corrected chi connectivity index (χ2v) is 5.67. The predicted octanol–water partition coefficient (Wildman–Crippen LogP) is 1.34. The highest BCUT2D eigenvalue weighted by Gasteiger charge is 2.18. The fourth-order valence-corrected chi connectivity index (χ4v) is 2.74. The first-order chi connectivity index (χ1) is 10.6. The molecule has 0 aliphatic carbocycles. The third kappa shape index (κ3) is 3.04. The van der Waals surface area contributed by atoms with Gasteiger partial charge < -0.3 is 15.2 Å². The molecule has 1 atom stereocenters. The van der Waals surface area contributed by atoms with Crippen LogP contribution in [0.4, 0.5) is 0 Å². The molecule has 0 bridgehead atoms. The SMILES string of the molecule is Cc1noc(C)c1CNC(=O)c1ccn([C@H]2CCCNC2)n1. The first-order valence-electron chi connectivity index (χ1n) is 7.61. The lowest BCUT2D eigenvalue weighted by molar-refractivity contribution is 0.0944. The van der Waals surface area contributed by atoms with Crippen molar-refractivity contribution in [3.05, 3.63) is 35.0 Å². The normalized spacial score (nSPS) is 18.4. The van der Waals surface area contributed by atoms with Gasteiger partial charge in [-0.15, -0.1) is 0 Å². The van der Waals surface area contributed by atoms with Crippen LogP contribution in [0, 0.1) is 13.8 Å². The number of rotatable bonds is 4. The summed E-state index contributed by atoms with van der Waals surface area (Å²) in [6.45, 7) is 6.07. The molecule has 3 heterocycles. The Balaban J connectivity index is 1.62. The Labute approximate surface area is 129 Å². The molecular weight excluding hydrogens is 282 g/mol. The minimum Gasteiger partial charge on any atom is -0.361 e. The van der Waals surface area contributed by atoms with Gasteiger partial charge in [0.2, 0.25) is 0 Å². The van der Waals surface area contributed by atoms with Crippen LogP contribution in [0.1, 0.15) is 46.4 Å². The number of carbonyl (C=O) groups is 1. The van der Waals surface area contributed by atoms with Crippen LogP contribution in [0.15, 0.2) is 16.8 Å². The Morgan fingerprint density at radius 1 is 1.55 bits per heavy atom. The fourth-order valence-electron chi connectivity index (χ4n) is 2.74. The number of amides is 1. The summed E-state index contributed by atoms with van der Waals surface area (Å²) in [6, 6.07) is 2.09. The maximum atomic E-state index is 12.2. The third-order valence-corrected chi connectivity index (χ3v) is 4.09. The van der Waals surface area contributed by atoms with Crippen LogP contribution in [-0.2, 0) is 6.54 Å². The quantitative estimate of drug-likeness (QED) is 0.890. The van der Waals surface area contributed by atoms with Crippen molar-refractivity contribution >= 4 is 5.91 Å². The van der Waals surface area contributed by atoms with Crippen LogP contribution in [0.3, 0.4) is 0 Å². The van der Waals surface area contributed by atoms with Gasteiger partial charge in [-0.3, -0.25) is 9.48 Å². The van der Waals surface area contributed by atoms with Gasteiger partial charge in [0, 0.05) is 24.8 Å². The van der Waals surface area contributed by atoms with Gasteiger partial charge in [0.15, 0.2) is 0 Å². The van der Waals surface area contributed by atoms with Gasteiger partial charge in [-0.25, -0.2) is 0 Å². The zero-order valence-electron chi connectivity index (χ0n) is 12.9. The summed E-state index contributed by atoms with van der Waals surface area (Å²) in [7, 11) is 0. The van der Waals surface area contributed by atoms with Crippen molar-refractivity contribution in [3.63, 3.8) is 0 Å². The standard InChI is InChI=1S/C15H21N5O2/c1-10-13(11(2)22-19-10)9-17-15(21)14-5-7-20(18-14)12-4-3-6-16-8-12/h5,7,12,16H,3-4,6,8-9H2,1-2H3,(H,17,21)/t12-/m0/s1. The number of aromatic nitrogens is 3. The van der Waals surface area contributed by atoms with Crippen molar-refractivity contribution in [1.82, 2.24) is 25.6 Å². The van der Waals surface area contributed by atoms with Crippen molar-refractivity contribution in [3.8, 4) is 0 Å². The topological polar surface area (TPSA) is 85.0 Å². The van der Waals surface area contributed by atoms with E-state index in [9.17, 15) is 4.79 Å². The van der Waals surface area contributed by atoms with Crippen molar-refractivity contribution in [2.75, 3.05) is 13.1 Å². The van der Waals surface area contributed by atoms with E-state index in [1.54, 1.807) is 6.07 Å². The van der Waals surface area contributed by atoms with Crippen molar-refractivity contribution < 1.29 is 9.32 Å². The summed E-state index contributed by atoms with van der Waals surface area (Å²) in [5, 5.41) is 14.5. The molecule has 0 aromatic carbocycles. The first kappa shape index (κ1) is 14.8. The Hall–Kier alpha value is -2.15. The van der Waals surface area contributed by atoms with Crippen LogP contribution in [-0.4, -0.2) is 33.9 Å². The molecule has 3 rings (SSSR count). The van der Waals surface area contributed by atoms with Gasteiger partial charge in [-0.05, 0) is 39.3 Å². The van der Waals surface area contributed by atoms with E-state index in [1.807, 2.05) is 24.7 Å². The lowest BCUT2D eigenvalue weighted by Gasteiger charge is -2.22. The lowest BCUT2D eigenvalue weighted by Crippen LogP contribution is -2.32. The minimum atomic E-state index is -0.178. The molecule has 22 heavy (non-hydrogen) atoms. The number of piperidine rings is 1. The molecule has 118 valence electrons. The lowest BCUT2D eigenvalue weighted by atomic mass is 10.1. The van der Waals surface area contributed by atoms with Gasteiger partial charge in [0.05, 0.1) is 11.7 Å². The largest absolute Gasteiger partial charge is 0.361 e. The second-order valence-electron chi connectivity index (χ2n) is 5.67. The van der Waals surface area contributed by atoms with Crippen LogP contribution in [0.25, 0.3) is 0 Å². The van der Waals surface area contributed by atoms with E-state index in [1.165, 1.54) is 0 Å². The molecule has 7 nitrogen and oxygen atoms in total. The average molecular weight is 303 g/mol. The van der Waals surface area contributed by atoms with Gasteiger partial charge in [0.1, 0.15) is 11.5 Å². The number of carbonyl (C=O) groups excluding carboxylic acids is 1. The zero-order valence-corrected chi connectivity index (χ0v) is 12.9. The third-order valence-electron chi connectivity index (χ3n) is 4.09. The van der Waals surface area contributed by atoms with Crippen molar-refractivity contribution in [2.24, 2.45) is 0 Å². The van der Waals surface area contributed by atoms with Gasteiger partial charge in [0.25, 0.3) is 5.91 Å². The highest BCUT2D eigenvalue weighted by molar-refractivity contribution is 5.92. The van der Waals surface area contributed by atoms with Crippen LogP contribution in [0.2, 0.25) is 0 Å². The predicted molar refractivity (Wildman–Crippen MR) is 80.5 cm³/mol. The molecular formula is C15H21N5O2. The number of nitrogens with zero attached hydrogens (tertiary/aromatic N) is 3. The molecule has 2 N–H and O–H groups in total. The monoisotopic (exact) mass is 303 g/mol. The first-order valence-corrected chi connectivity index (χ1v) is 7.61. The van der Waals surface area contributed by atoms with E-state index in [2.05, 4.69) is 20.9 Å². The summed E-state index contributed by atoms with van der Waals surface area (Å²) >= 11 is 0. The maximum absolute atomic E-state index is 12.2. The Morgan fingerprint density at radius 3 is 3.09 bits per heavy atom. The minimum absolute atomic E-state index is 0.178. The smallest absolute Gasteiger partial charge is 0.272 e. The van der Waals surface area contributed by atoms with E-state index in [0.29, 0.717) is 18.3 Å². The molecule has 1 fully saturated rings. The molecule has 7 heteroatoms. The summed E-state index contributed by atoms with van der Waals surface area (Å²) in [5.41, 5.74) is 2.17. The van der Waals surface area contributed by atoms with Crippen LogP contribution >= 0.6 is 0 Å². The summed E-state index contributed by atoms with van der Waals surface area (Å²) in [6.07, 6.45) is 4.11. The molecule has 0 saturated carbocycles. The van der Waals surface area contributed by atoms with Gasteiger partial charge >= 0.3 is 0 Å². The Bertz CT molecular complexity index is 635. The van der Waals surface area contributed by atoms with E-state index < -0.39 is 0 Å². The molecule has 2 aromatic rings. The molecule has 1 saturated heterocycles. The van der Waals surface area contributed by atoms with E-state index >= 15 is 0 Å². The van der Waals surface area contributed by atoms with Crippen LogP contribution < -0.4 is 10.6 Å². The molecule has 1 aliphatic heterocycles. The Kier molecular flexibility index (Phi) is 4.24. The molecule has 0 unspecified atom stereocenters. The highest BCUT2D eigenvalue weighted by atomic mass is 16.5. The van der Waals surface area contributed by atoms with E-state index in [0.717, 1.165) is 42.9 Å². The molecule has 1 aliphatic rings. The molecule has 1 amide bonds. The highest BCUT2D eigenvalue weighted by Crippen LogP contribution is 2.16. The molecule has 2 aromatic heterocycles. The molecule has 0 spiro atoms. The van der Waals surface area contributed by atoms with Crippen molar-refractivity contribution in [1.29, 1.82) is 0 Å². The summed E-state index contributed by atoms with van der Waals surface area (Å²) in [5.74, 6) is 0.555. The van der Waals surface area contributed by atoms with Crippen molar-refractivity contribution in [2.45, 2.75) is 39.3 Å². The fraction of sp³-hybridized carbons (Fsp3) is 0.533. The maximum Gasteiger partial charge on any atom is 0.272 e. The Morgan fingerprint density at radius 2 is 2.41 bits per heavy atom. The molecule has 0 radical (unpaired) electrons. The van der Waals surface area contributed by atoms with Crippen LogP contribution in [0.5, 0.6) is 0 Å². The van der Waals surface area contributed by atoms with Gasteiger partial charge in [-0.1, -0.05) is 5.16 Å². The number of hydrogen-bond donors (Lipinski definition) is 2.